The predicted octanol–water partition coefficient (Wildman–Crippen LogP) is 4.83. The number of carbonyl (C=O) groups is 1. The van der Waals surface area contributed by atoms with Crippen LogP contribution in [0.2, 0.25) is 5.02 Å². The molecule has 1 amide bonds. The van der Waals surface area contributed by atoms with E-state index in [0.29, 0.717) is 22.4 Å². The zero-order valence-electron chi connectivity index (χ0n) is 14.4. The van der Waals surface area contributed by atoms with Gasteiger partial charge in [-0.3, -0.25) is 4.79 Å². The third-order valence-corrected chi connectivity index (χ3v) is 4.08. The molecule has 2 rings (SSSR count). The van der Waals surface area contributed by atoms with Gasteiger partial charge in [-0.2, -0.15) is 0 Å². The standard InChI is InChI=1S/C19H23ClN2O2/c1-12(2)15-7-5-6-13(3)19(15)21-11-18(23)22-14-8-9-17(24-4)16(20)10-14/h5-10,12,21H,11H2,1-4H3,(H,22,23). The monoisotopic (exact) mass is 346 g/mol. The Hall–Kier alpha value is -2.20. The lowest BCUT2D eigenvalue weighted by atomic mass is 9.98. The van der Waals surface area contributed by atoms with Crippen LogP contribution >= 0.6 is 11.6 Å². The molecule has 0 aliphatic heterocycles. The van der Waals surface area contributed by atoms with E-state index in [0.717, 1.165) is 11.3 Å². The molecule has 24 heavy (non-hydrogen) atoms. The Morgan fingerprint density at radius 1 is 1.25 bits per heavy atom. The van der Waals surface area contributed by atoms with Crippen LogP contribution in [0.5, 0.6) is 5.75 Å². The zero-order valence-corrected chi connectivity index (χ0v) is 15.2. The molecule has 0 radical (unpaired) electrons. The third-order valence-electron chi connectivity index (χ3n) is 3.79. The first-order valence-corrected chi connectivity index (χ1v) is 8.27. The third kappa shape index (κ3) is 4.42. The average molecular weight is 347 g/mol. The van der Waals surface area contributed by atoms with Crippen LogP contribution in [0.4, 0.5) is 11.4 Å². The highest BCUT2D eigenvalue weighted by Gasteiger charge is 2.11. The van der Waals surface area contributed by atoms with Crippen molar-refractivity contribution < 1.29 is 9.53 Å². The van der Waals surface area contributed by atoms with E-state index in [1.165, 1.54) is 5.56 Å². The molecule has 0 saturated heterocycles. The van der Waals surface area contributed by atoms with E-state index in [1.54, 1.807) is 25.3 Å². The molecule has 0 saturated carbocycles. The van der Waals surface area contributed by atoms with Crippen molar-refractivity contribution in [2.24, 2.45) is 0 Å². The van der Waals surface area contributed by atoms with Crippen LogP contribution in [-0.2, 0) is 4.79 Å². The first kappa shape index (κ1) is 18.1. The number of hydrogen-bond donors (Lipinski definition) is 2. The van der Waals surface area contributed by atoms with E-state index in [-0.39, 0.29) is 12.5 Å². The summed E-state index contributed by atoms with van der Waals surface area (Å²) in [6.07, 6.45) is 0. The number of benzene rings is 2. The van der Waals surface area contributed by atoms with Gasteiger partial charge >= 0.3 is 0 Å². The zero-order chi connectivity index (χ0) is 17.7. The van der Waals surface area contributed by atoms with Gasteiger partial charge in [-0.15, -0.1) is 0 Å². The number of methoxy groups -OCH3 is 1. The van der Waals surface area contributed by atoms with Gasteiger partial charge in [-0.1, -0.05) is 43.6 Å². The van der Waals surface area contributed by atoms with Crippen molar-refractivity contribution in [3.8, 4) is 5.75 Å². The fourth-order valence-corrected chi connectivity index (χ4v) is 2.79. The maximum atomic E-state index is 12.2. The Morgan fingerprint density at radius 2 is 2.00 bits per heavy atom. The van der Waals surface area contributed by atoms with Gasteiger partial charge in [0.2, 0.25) is 5.91 Å². The van der Waals surface area contributed by atoms with Crippen LogP contribution in [0.1, 0.15) is 30.9 Å². The largest absolute Gasteiger partial charge is 0.495 e. The van der Waals surface area contributed by atoms with E-state index in [1.807, 2.05) is 19.1 Å². The van der Waals surface area contributed by atoms with Crippen LogP contribution < -0.4 is 15.4 Å². The Morgan fingerprint density at radius 3 is 2.62 bits per heavy atom. The number of aryl methyl sites for hydroxylation is 1. The van der Waals surface area contributed by atoms with Gasteiger partial charge < -0.3 is 15.4 Å². The van der Waals surface area contributed by atoms with Crippen LogP contribution in [0.15, 0.2) is 36.4 Å². The maximum absolute atomic E-state index is 12.2. The van der Waals surface area contributed by atoms with Crippen molar-refractivity contribution in [2.45, 2.75) is 26.7 Å². The Bertz CT molecular complexity index is 729. The number of halogens is 1. The molecule has 0 aliphatic carbocycles. The summed E-state index contributed by atoms with van der Waals surface area (Å²) in [5.41, 5.74) is 3.99. The van der Waals surface area contributed by atoms with Crippen molar-refractivity contribution in [2.75, 3.05) is 24.3 Å². The molecule has 0 aromatic heterocycles. The topological polar surface area (TPSA) is 50.4 Å². The Balaban J connectivity index is 2.03. The maximum Gasteiger partial charge on any atom is 0.243 e. The van der Waals surface area contributed by atoms with E-state index in [4.69, 9.17) is 16.3 Å². The lowest BCUT2D eigenvalue weighted by Crippen LogP contribution is -2.22. The second-order valence-electron chi connectivity index (χ2n) is 5.94. The number of rotatable bonds is 6. The fourth-order valence-electron chi connectivity index (χ4n) is 2.53. The molecule has 0 unspecified atom stereocenters. The number of ether oxygens (including phenoxy) is 1. The average Bonchev–Trinajstić information content (AvgIpc) is 2.53. The first-order valence-electron chi connectivity index (χ1n) is 7.89. The number of carbonyl (C=O) groups excluding carboxylic acids is 1. The second kappa shape index (κ2) is 8.06. The van der Waals surface area contributed by atoms with Crippen LogP contribution in [-0.4, -0.2) is 19.6 Å². The van der Waals surface area contributed by atoms with E-state index >= 15 is 0 Å². The smallest absolute Gasteiger partial charge is 0.243 e. The van der Waals surface area contributed by atoms with Crippen LogP contribution in [0.3, 0.4) is 0 Å². The molecule has 2 aromatic rings. The first-order chi connectivity index (χ1) is 11.4. The Labute approximate surface area is 148 Å². The second-order valence-corrected chi connectivity index (χ2v) is 6.35. The van der Waals surface area contributed by atoms with Crippen molar-refractivity contribution in [1.82, 2.24) is 0 Å². The van der Waals surface area contributed by atoms with Crippen molar-refractivity contribution in [3.05, 3.63) is 52.5 Å². The molecule has 0 atom stereocenters. The molecule has 0 aliphatic rings. The summed E-state index contributed by atoms with van der Waals surface area (Å²) in [4.78, 5) is 12.2. The predicted molar refractivity (Wildman–Crippen MR) is 100 cm³/mol. The number of amides is 1. The van der Waals surface area contributed by atoms with Gasteiger partial charge in [0.15, 0.2) is 0 Å². The van der Waals surface area contributed by atoms with Gasteiger partial charge in [-0.25, -0.2) is 0 Å². The summed E-state index contributed by atoms with van der Waals surface area (Å²) < 4.78 is 5.10. The summed E-state index contributed by atoms with van der Waals surface area (Å²) >= 11 is 6.07. The summed E-state index contributed by atoms with van der Waals surface area (Å²) in [6.45, 7) is 6.50. The minimum atomic E-state index is -0.130. The molecular weight excluding hydrogens is 324 g/mol. The molecule has 128 valence electrons. The van der Waals surface area contributed by atoms with Crippen LogP contribution in [0.25, 0.3) is 0 Å². The summed E-state index contributed by atoms with van der Waals surface area (Å²) in [5.74, 6) is 0.833. The van der Waals surface area contributed by atoms with Gasteiger partial charge in [0.05, 0.1) is 18.7 Å². The quantitative estimate of drug-likeness (QED) is 0.787. The minimum Gasteiger partial charge on any atom is -0.495 e. The van der Waals surface area contributed by atoms with Crippen molar-refractivity contribution in [3.63, 3.8) is 0 Å². The normalized spacial score (nSPS) is 10.6. The fraction of sp³-hybridized carbons (Fsp3) is 0.316. The minimum absolute atomic E-state index is 0.130. The molecular formula is C19H23ClN2O2. The van der Waals surface area contributed by atoms with Crippen molar-refractivity contribution >= 4 is 28.9 Å². The molecule has 4 nitrogen and oxygen atoms in total. The highest BCUT2D eigenvalue weighted by molar-refractivity contribution is 6.32. The van der Waals surface area contributed by atoms with Crippen LogP contribution in [0, 0.1) is 6.92 Å². The lowest BCUT2D eigenvalue weighted by Gasteiger charge is -2.17. The number of nitrogens with one attached hydrogen (secondary N) is 2. The lowest BCUT2D eigenvalue weighted by molar-refractivity contribution is -0.114. The molecule has 2 aromatic carbocycles. The Kier molecular flexibility index (Phi) is 6.10. The summed E-state index contributed by atoms with van der Waals surface area (Å²) in [5, 5.41) is 6.54. The van der Waals surface area contributed by atoms with Gasteiger partial charge in [0, 0.05) is 11.4 Å². The molecule has 0 spiro atoms. The number of para-hydroxylation sites is 1. The van der Waals surface area contributed by atoms with E-state index in [2.05, 4.69) is 30.5 Å². The number of hydrogen-bond acceptors (Lipinski definition) is 3. The highest BCUT2D eigenvalue weighted by atomic mass is 35.5. The van der Waals surface area contributed by atoms with E-state index < -0.39 is 0 Å². The van der Waals surface area contributed by atoms with Gasteiger partial charge in [0.1, 0.15) is 5.75 Å². The molecule has 5 heteroatoms. The highest BCUT2D eigenvalue weighted by Crippen LogP contribution is 2.28. The van der Waals surface area contributed by atoms with Crippen molar-refractivity contribution in [1.29, 1.82) is 0 Å². The molecule has 0 bridgehead atoms. The SMILES string of the molecule is COc1ccc(NC(=O)CNc2c(C)cccc2C(C)C)cc1Cl. The van der Waals surface area contributed by atoms with Gasteiger partial charge in [-0.05, 0) is 42.2 Å². The number of anilines is 2. The molecule has 0 fully saturated rings. The summed E-state index contributed by atoms with van der Waals surface area (Å²) in [7, 11) is 1.55. The van der Waals surface area contributed by atoms with E-state index in [9.17, 15) is 4.79 Å². The molecule has 2 N–H and O–H groups in total. The summed E-state index contributed by atoms with van der Waals surface area (Å²) in [6, 6.07) is 11.3. The molecule has 0 heterocycles. The van der Waals surface area contributed by atoms with Gasteiger partial charge in [0.25, 0.3) is 0 Å².